The summed E-state index contributed by atoms with van der Waals surface area (Å²) in [5.74, 6) is 0.689. The van der Waals surface area contributed by atoms with E-state index in [4.69, 9.17) is 4.74 Å². The summed E-state index contributed by atoms with van der Waals surface area (Å²) in [4.78, 5) is 27.9. The molecular weight excluding hydrogens is 388 g/mol. The number of hydrogen-bond donors (Lipinski definition) is 1. The zero-order chi connectivity index (χ0) is 22.6. The van der Waals surface area contributed by atoms with Crippen molar-refractivity contribution in [3.8, 4) is 5.75 Å². The molecule has 1 N–H and O–H groups in total. The molecule has 0 aromatic heterocycles. The van der Waals surface area contributed by atoms with Gasteiger partial charge in [-0.05, 0) is 50.8 Å². The molecule has 5 heteroatoms. The average Bonchev–Trinajstić information content (AvgIpc) is 2.77. The third-order valence-electron chi connectivity index (χ3n) is 5.37. The minimum Gasteiger partial charge on any atom is -0.494 e. The predicted octanol–water partition coefficient (Wildman–Crippen LogP) is 4.88. The van der Waals surface area contributed by atoms with Crippen molar-refractivity contribution in [2.75, 3.05) is 6.61 Å². The van der Waals surface area contributed by atoms with Crippen LogP contribution in [0.5, 0.6) is 5.75 Å². The van der Waals surface area contributed by atoms with Gasteiger partial charge in [0.05, 0.1) is 6.61 Å². The zero-order valence-electron chi connectivity index (χ0n) is 19.3. The molecule has 2 atom stereocenters. The highest BCUT2D eigenvalue weighted by Crippen LogP contribution is 2.16. The number of aryl methyl sites for hydroxylation is 1. The van der Waals surface area contributed by atoms with Gasteiger partial charge in [-0.25, -0.2) is 0 Å². The van der Waals surface area contributed by atoms with Gasteiger partial charge >= 0.3 is 0 Å². The summed E-state index contributed by atoms with van der Waals surface area (Å²) in [6.45, 7) is 8.89. The Kier molecular flexibility index (Phi) is 10.1. The number of rotatable bonds is 12. The Morgan fingerprint density at radius 1 is 1.03 bits per heavy atom. The minimum absolute atomic E-state index is 0.0238. The van der Waals surface area contributed by atoms with E-state index in [1.54, 1.807) is 4.90 Å². The van der Waals surface area contributed by atoms with Crippen LogP contribution >= 0.6 is 0 Å². The first-order valence-electron chi connectivity index (χ1n) is 11.3. The van der Waals surface area contributed by atoms with E-state index < -0.39 is 6.04 Å². The molecule has 31 heavy (non-hydrogen) atoms. The smallest absolute Gasteiger partial charge is 0.243 e. The highest BCUT2D eigenvalue weighted by atomic mass is 16.5. The van der Waals surface area contributed by atoms with Crippen LogP contribution in [0.25, 0.3) is 0 Å². The summed E-state index contributed by atoms with van der Waals surface area (Å²) in [5.41, 5.74) is 2.17. The summed E-state index contributed by atoms with van der Waals surface area (Å²) in [6, 6.07) is 17.3. The highest BCUT2D eigenvalue weighted by Gasteiger charge is 2.28. The number of carbonyl (C=O) groups excluding carboxylic acids is 2. The van der Waals surface area contributed by atoms with E-state index in [9.17, 15) is 9.59 Å². The fourth-order valence-electron chi connectivity index (χ4n) is 3.44. The predicted molar refractivity (Wildman–Crippen MR) is 125 cm³/mol. The lowest BCUT2D eigenvalue weighted by atomic mass is 10.1. The number of carbonyl (C=O) groups is 2. The van der Waals surface area contributed by atoms with Crippen molar-refractivity contribution in [1.82, 2.24) is 10.2 Å². The van der Waals surface area contributed by atoms with Gasteiger partial charge in [0.2, 0.25) is 11.8 Å². The maximum Gasteiger partial charge on any atom is 0.243 e. The highest BCUT2D eigenvalue weighted by molar-refractivity contribution is 5.87. The maximum absolute atomic E-state index is 13.2. The van der Waals surface area contributed by atoms with Gasteiger partial charge in [-0.3, -0.25) is 9.59 Å². The van der Waals surface area contributed by atoms with Crippen LogP contribution in [-0.4, -0.2) is 35.4 Å². The normalized spacial score (nSPS) is 12.6. The molecule has 168 valence electrons. The molecule has 2 rings (SSSR count). The lowest BCUT2D eigenvalue weighted by Crippen LogP contribution is -2.50. The Hall–Kier alpha value is -2.82. The van der Waals surface area contributed by atoms with E-state index in [0.717, 1.165) is 23.3 Å². The fourth-order valence-corrected chi connectivity index (χ4v) is 3.44. The summed E-state index contributed by atoms with van der Waals surface area (Å²) >= 11 is 0. The molecule has 0 saturated heterocycles. The topological polar surface area (TPSA) is 58.6 Å². The number of amides is 2. The van der Waals surface area contributed by atoms with Gasteiger partial charge in [0.1, 0.15) is 11.8 Å². The van der Waals surface area contributed by atoms with E-state index in [0.29, 0.717) is 32.4 Å². The van der Waals surface area contributed by atoms with Gasteiger partial charge in [0.25, 0.3) is 0 Å². The molecule has 5 nitrogen and oxygen atoms in total. The summed E-state index contributed by atoms with van der Waals surface area (Å²) in [5, 5.41) is 3.04. The van der Waals surface area contributed by atoms with Crippen LogP contribution in [0.15, 0.2) is 54.6 Å². The van der Waals surface area contributed by atoms with Gasteiger partial charge in [0, 0.05) is 19.0 Å². The molecule has 2 aromatic carbocycles. The number of nitrogens with one attached hydrogen (secondary N) is 1. The lowest BCUT2D eigenvalue weighted by molar-refractivity contribution is -0.141. The molecule has 0 saturated carbocycles. The molecule has 2 aromatic rings. The SMILES string of the molecule is CC[C@@H](C)NC(=O)[C@H](CC)N(Cc1cccc(C)c1)C(=O)CCCOc1ccccc1. The number of para-hydroxylation sites is 1. The Morgan fingerprint density at radius 2 is 1.77 bits per heavy atom. The molecule has 0 aliphatic heterocycles. The quantitative estimate of drug-likeness (QED) is 0.494. The number of ether oxygens (including phenoxy) is 1. The molecule has 0 bridgehead atoms. The number of nitrogens with zero attached hydrogens (tertiary/aromatic N) is 1. The first kappa shape index (κ1) is 24.4. The third kappa shape index (κ3) is 8.08. The van der Waals surface area contributed by atoms with Crippen LogP contribution in [0, 0.1) is 6.92 Å². The molecule has 0 fully saturated rings. The van der Waals surface area contributed by atoms with Crippen molar-refractivity contribution >= 4 is 11.8 Å². The van der Waals surface area contributed by atoms with Gasteiger partial charge in [-0.1, -0.05) is 61.9 Å². The second kappa shape index (κ2) is 12.8. The molecule has 0 aliphatic rings. The van der Waals surface area contributed by atoms with E-state index in [1.165, 1.54) is 0 Å². The second-order valence-electron chi connectivity index (χ2n) is 8.02. The van der Waals surface area contributed by atoms with Gasteiger partial charge in [-0.2, -0.15) is 0 Å². The molecule has 0 heterocycles. The van der Waals surface area contributed by atoms with Gasteiger partial charge in [0.15, 0.2) is 0 Å². The van der Waals surface area contributed by atoms with Crippen LogP contribution in [0.3, 0.4) is 0 Å². The summed E-state index contributed by atoms with van der Waals surface area (Å²) in [6.07, 6.45) is 2.36. The monoisotopic (exact) mass is 424 g/mol. The zero-order valence-corrected chi connectivity index (χ0v) is 19.3. The molecule has 2 amide bonds. The van der Waals surface area contributed by atoms with Crippen molar-refractivity contribution in [1.29, 1.82) is 0 Å². The van der Waals surface area contributed by atoms with E-state index in [2.05, 4.69) is 11.4 Å². The van der Waals surface area contributed by atoms with Crippen LogP contribution in [0.4, 0.5) is 0 Å². The van der Waals surface area contributed by atoms with Crippen molar-refractivity contribution < 1.29 is 14.3 Å². The third-order valence-corrected chi connectivity index (χ3v) is 5.37. The summed E-state index contributed by atoms with van der Waals surface area (Å²) < 4.78 is 5.72. The van der Waals surface area contributed by atoms with Crippen molar-refractivity contribution in [2.45, 2.75) is 72.0 Å². The maximum atomic E-state index is 13.2. The molecule has 0 radical (unpaired) electrons. The first-order valence-corrected chi connectivity index (χ1v) is 11.3. The van der Waals surface area contributed by atoms with Crippen LogP contribution < -0.4 is 10.1 Å². The second-order valence-corrected chi connectivity index (χ2v) is 8.02. The molecule has 0 unspecified atom stereocenters. The number of hydrogen-bond acceptors (Lipinski definition) is 3. The van der Waals surface area contributed by atoms with Gasteiger partial charge in [-0.15, -0.1) is 0 Å². The van der Waals surface area contributed by atoms with E-state index in [1.807, 2.05) is 76.2 Å². The Bertz CT molecular complexity index is 822. The molecule has 0 aliphatic carbocycles. The van der Waals surface area contributed by atoms with Crippen LogP contribution in [0.1, 0.15) is 57.6 Å². The lowest BCUT2D eigenvalue weighted by Gasteiger charge is -2.31. The van der Waals surface area contributed by atoms with Crippen molar-refractivity contribution in [3.63, 3.8) is 0 Å². The van der Waals surface area contributed by atoms with Crippen LogP contribution in [0.2, 0.25) is 0 Å². The largest absolute Gasteiger partial charge is 0.494 e. The fraction of sp³-hybridized carbons (Fsp3) is 0.462. The molecular formula is C26H36N2O3. The standard InChI is InChI=1S/C26H36N2O3/c1-5-21(4)27-26(30)24(6-2)28(19-22-13-10-12-20(3)18-22)25(29)16-11-17-31-23-14-8-7-9-15-23/h7-10,12-15,18,21,24H,5-6,11,16-17,19H2,1-4H3,(H,27,30)/t21-,24+/m1/s1. The van der Waals surface area contributed by atoms with Crippen molar-refractivity contribution in [2.24, 2.45) is 0 Å². The van der Waals surface area contributed by atoms with Crippen molar-refractivity contribution in [3.05, 3.63) is 65.7 Å². The Balaban J connectivity index is 2.07. The van der Waals surface area contributed by atoms with Crippen LogP contribution in [-0.2, 0) is 16.1 Å². The molecule has 0 spiro atoms. The number of benzene rings is 2. The first-order chi connectivity index (χ1) is 14.9. The minimum atomic E-state index is -0.489. The average molecular weight is 425 g/mol. The Morgan fingerprint density at radius 3 is 2.42 bits per heavy atom. The summed E-state index contributed by atoms with van der Waals surface area (Å²) in [7, 11) is 0. The van der Waals surface area contributed by atoms with E-state index in [-0.39, 0.29) is 17.9 Å². The Labute approximate surface area is 186 Å². The van der Waals surface area contributed by atoms with E-state index >= 15 is 0 Å². The van der Waals surface area contributed by atoms with Gasteiger partial charge < -0.3 is 15.0 Å².